The highest BCUT2D eigenvalue weighted by molar-refractivity contribution is 9.10. The molecule has 0 saturated heterocycles. The molecule has 2 rings (SSSR count). The quantitative estimate of drug-likeness (QED) is 0.666. The molecule has 0 fully saturated rings. The average molecular weight is 449 g/mol. The van der Waals surface area contributed by atoms with Crippen LogP contribution in [0.4, 0.5) is 5.69 Å². The Morgan fingerprint density at radius 2 is 1.71 bits per heavy atom. The zero-order valence-electron chi connectivity index (χ0n) is 16.5. The number of hydrogen-bond acceptors (Lipinski definition) is 4. The Bertz CT molecular complexity index is 832. The van der Waals surface area contributed by atoms with Crippen molar-refractivity contribution >= 4 is 33.4 Å². The summed E-state index contributed by atoms with van der Waals surface area (Å²) in [5.41, 5.74) is 2.62. The first-order valence-electron chi connectivity index (χ1n) is 8.84. The zero-order valence-corrected chi connectivity index (χ0v) is 18.1. The third-order valence-corrected chi connectivity index (χ3v) is 4.80. The molecule has 0 spiro atoms. The summed E-state index contributed by atoms with van der Waals surface area (Å²) in [7, 11) is 4.80. The zero-order chi connectivity index (χ0) is 20.7. The summed E-state index contributed by atoms with van der Waals surface area (Å²) in [4.78, 5) is 26.1. The Morgan fingerprint density at radius 1 is 1.07 bits per heavy atom. The lowest BCUT2D eigenvalue weighted by Gasteiger charge is -2.17. The Morgan fingerprint density at radius 3 is 2.29 bits per heavy atom. The van der Waals surface area contributed by atoms with Crippen molar-refractivity contribution in [2.24, 2.45) is 0 Å². The fraction of sp³-hybridized carbons (Fsp3) is 0.333. The Hall–Kier alpha value is -2.54. The van der Waals surface area contributed by atoms with Crippen LogP contribution in [0.25, 0.3) is 0 Å². The lowest BCUT2D eigenvalue weighted by molar-refractivity contribution is -0.133. The van der Waals surface area contributed by atoms with E-state index in [2.05, 4.69) is 21.2 Å². The first kappa shape index (κ1) is 21.8. The molecular weight excluding hydrogens is 424 g/mol. The number of halogens is 1. The number of anilines is 1. The molecule has 0 aromatic heterocycles. The third-order valence-electron chi connectivity index (χ3n) is 4.31. The Kier molecular flexibility index (Phi) is 7.87. The van der Waals surface area contributed by atoms with Crippen LogP contribution in [0.2, 0.25) is 0 Å². The van der Waals surface area contributed by atoms with Crippen LogP contribution in [0.1, 0.15) is 17.5 Å². The van der Waals surface area contributed by atoms with Gasteiger partial charge in [0.2, 0.25) is 11.8 Å². The van der Waals surface area contributed by atoms with E-state index in [1.54, 1.807) is 27.3 Å². The van der Waals surface area contributed by atoms with Gasteiger partial charge in [-0.1, -0.05) is 15.9 Å². The molecule has 0 atom stereocenters. The summed E-state index contributed by atoms with van der Waals surface area (Å²) in [6.07, 6.45) is 0.821. The number of hydrogen-bond donors (Lipinski definition) is 1. The highest BCUT2D eigenvalue weighted by Crippen LogP contribution is 2.23. The monoisotopic (exact) mass is 448 g/mol. The smallest absolute Gasteiger partial charge is 0.243 e. The fourth-order valence-electron chi connectivity index (χ4n) is 2.71. The van der Waals surface area contributed by atoms with Gasteiger partial charge in [0.25, 0.3) is 0 Å². The van der Waals surface area contributed by atoms with E-state index in [0.29, 0.717) is 17.9 Å². The van der Waals surface area contributed by atoms with Gasteiger partial charge in [0.1, 0.15) is 11.5 Å². The van der Waals surface area contributed by atoms with Gasteiger partial charge < -0.3 is 19.7 Å². The lowest BCUT2D eigenvalue weighted by Crippen LogP contribution is -2.35. The van der Waals surface area contributed by atoms with Gasteiger partial charge in [0, 0.05) is 29.7 Å². The maximum Gasteiger partial charge on any atom is 0.243 e. The van der Waals surface area contributed by atoms with Crippen LogP contribution < -0.4 is 14.8 Å². The van der Waals surface area contributed by atoms with Crippen LogP contribution in [-0.4, -0.2) is 44.5 Å². The van der Waals surface area contributed by atoms with E-state index in [4.69, 9.17) is 9.47 Å². The molecule has 2 aromatic rings. The number of carbonyl (C=O) groups excluding carboxylic acids is 2. The van der Waals surface area contributed by atoms with Gasteiger partial charge in [-0.05, 0) is 54.8 Å². The van der Waals surface area contributed by atoms with Gasteiger partial charge >= 0.3 is 0 Å². The van der Waals surface area contributed by atoms with Crippen LogP contribution in [0.5, 0.6) is 11.5 Å². The topological polar surface area (TPSA) is 67.9 Å². The third kappa shape index (κ3) is 6.27. The van der Waals surface area contributed by atoms with E-state index in [9.17, 15) is 9.59 Å². The Balaban J connectivity index is 1.89. The molecule has 0 saturated carbocycles. The van der Waals surface area contributed by atoms with Gasteiger partial charge in [-0.25, -0.2) is 0 Å². The largest absolute Gasteiger partial charge is 0.497 e. The van der Waals surface area contributed by atoms with Gasteiger partial charge in [0.15, 0.2) is 0 Å². The maximum absolute atomic E-state index is 12.4. The summed E-state index contributed by atoms with van der Waals surface area (Å²) >= 11 is 3.40. The van der Waals surface area contributed by atoms with Gasteiger partial charge in [-0.2, -0.15) is 0 Å². The Labute approximate surface area is 174 Å². The highest BCUT2D eigenvalue weighted by atomic mass is 79.9. The number of carbonyl (C=O) groups is 2. The standard InChI is InChI=1S/C21H25BrN2O4/c1-14-9-16(22)6-7-19(14)23-20(25)13-24(2)21(26)8-5-15-10-17(27-3)12-18(11-15)28-4/h6-7,9-12H,5,8,13H2,1-4H3,(H,23,25). The first-order valence-corrected chi connectivity index (χ1v) is 9.63. The molecule has 0 unspecified atom stereocenters. The average Bonchev–Trinajstić information content (AvgIpc) is 2.67. The predicted molar refractivity (Wildman–Crippen MR) is 113 cm³/mol. The van der Waals surface area contributed by atoms with Crippen molar-refractivity contribution in [2.45, 2.75) is 19.8 Å². The predicted octanol–water partition coefficient (Wildman–Crippen LogP) is 3.80. The van der Waals surface area contributed by atoms with Crippen molar-refractivity contribution in [2.75, 3.05) is 33.1 Å². The molecule has 150 valence electrons. The number of ether oxygens (including phenoxy) is 2. The molecule has 7 heteroatoms. The van der Waals surface area contributed by atoms with Crippen LogP contribution >= 0.6 is 15.9 Å². The molecule has 0 radical (unpaired) electrons. The molecule has 0 aliphatic carbocycles. The van der Waals surface area contributed by atoms with Crippen molar-refractivity contribution in [3.63, 3.8) is 0 Å². The number of rotatable bonds is 8. The molecule has 0 heterocycles. The minimum absolute atomic E-state index is 0.00420. The van der Waals surface area contributed by atoms with E-state index in [-0.39, 0.29) is 24.8 Å². The number of methoxy groups -OCH3 is 2. The van der Waals surface area contributed by atoms with Crippen LogP contribution in [-0.2, 0) is 16.0 Å². The van der Waals surface area contributed by atoms with Crippen molar-refractivity contribution in [1.82, 2.24) is 4.90 Å². The molecule has 28 heavy (non-hydrogen) atoms. The molecule has 0 aliphatic heterocycles. The summed E-state index contributed by atoms with van der Waals surface area (Å²) < 4.78 is 11.4. The van der Waals surface area contributed by atoms with Crippen molar-refractivity contribution in [3.05, 3.63) is 52.0 Å². The van der Waals surface area contributed by atoms with Crippen molar-refractivity contribution in [1.29, 1.82) is 0 Å². The van der Waals surface area contributed by atoms with E-state index in [0.717, 1.165) is 21.3 Å². The molecule has 2 aromatic carbocycles. The fourth-order valence-corrected chi connectivity index (χ4v) is 3.19. The molecule has 0 bridgehead atoms. The second kappa shape index (κ2) is 10.1. The normalized spacial score (nSPS) is 10.3. The number of amides is 2. The SMILES string of the molecule is COc1cc(CCC(=O)N(C)CC(=O)Nc2ccc(Br)cc2C)cc(OC)c1. The van der Waals surface area contributed by atoms with Gasteiger partial charge in [-0.15, -0.1) is 0 Å². The summed E-state index contributed by atoms with van der Waals surface area (Å²) in [6.45, 7) is 1.91. The highest BCUT2D eigenvalue weighted by Gasteiger charge is 2.14. The number of aryl methyl sites for hydroxylation is 2. The van der Waals surface area contributed by atoms with Crippen LogP contribution in [0.3, 0.4) is 0 Å². The van der Waals surface area contributed by atoms with E-state index in [1.165, 1.54) is 4.90 Å². The molecule has 6 nitrogen and oxygen atoms in total. The molecular formula is C21H25BrN2O4. The second-order valence-electron chi connectivity index (χ2n) is 6.48. The number of nitrogens with one attached hydrogen (secondary N) is 1. The molecule has 2 amide bonds. The summed E-state index contributed by atoms with van der Waals surface area (Å²) in [5, 5.41) is 2.84. The van der Waals surface area contributed by atoms with Crippen molar-refractivity contribution in [3.8, 4) is 11.5 Å². The maximum atomic E-state index is 12.4. The van der Waals surface area contributed by atoms with E-state index in [1.807, 2.05) is 37.3 Å². The summed E-state index contributed by atoms with van der Waals surface area (Å²) in [6, 6.07) is 11.1. The van der Waals surface area contributed by atoms with E-state index >= 15 is 0 Å². The van der Waals surface area contributed by atoms with E-state index < -0.39 is 0 Å². The molecule has 0 aliphatic rings. The summed E-state index contributed by atoms with van der Waals surface area (Å²) in [5.74, 6) is 1.02. The van der Waals surface area contributed by atoms with Crippen molar-refractivity contribution < 1.29 is 19.1 Å². The van der Waals surface area contributed by atoms with Gasteiger partial charge in [-0.3, -0.25) is 9.59 Å². The van der Waals surface area contributed by atoms with Crippen LogP contribution in [0.15, 0.2) is 40.9 Å². The number of nitrogens with zero attached hydrogens (tertiary/aromatic N) is 1. The number of benzene rings is 2. The lowest BCUT2D eigenvalue weighted by atomic mass is 10.1. The minimum atomic E-state index is -0.232. The number of likely N-dealkylation sites (N-methyl/N-ethyl adjacent to an activating group) is 1. The first-order chi connectivity index (χ1) is 13.3. The minimum Gasteiger partial charge on any atom is -0.497 e. The second-order valence-corrected chi connectivity index (χ2v) is 7.39. The molecule has 1 N–H and O–H groups in total. The van der Waals surface area contributed by atoms with Gasteiger partial charge in [0.05, 0.1) is 20.8 Å². The van der Waals surface area contributed by atoms with Crippen LogP contribution in [0, 0.1) is 6.92 Å².